The zero-order valence-electron chi connectivity index (χ0n) is 22.4. The Balaban J connectivity index is 1.70. The van der Waals surface area contributed by atoms with E-state index in [2.05, 4.69) is 10.6 Å². The first-order chi connectivity index (χ1) is 18.9. The van der Waals surface area contributed by atoms with E-state index in [-0.39, 0.29) is 18.7 Å². The van der Waals surface area contributed by atoms with Crippen molar-refractivity contribution < 1.29 is 27.9 Å². The van der Waals surface area contributed by atoms with Gasteiger partial charge in [0.05, 0.1) is 24.5 Å². The van der Waals surface area contributed by atoms with Gasteiger partial charge >= 0.3 is 5.92 Å². The predicted octanol–water partition coefficient (Wildman–Crippen LogP) is 2.81. The Labute approximate surface area is 230 Å². The van der Waals surface area contributed by atoms with Crippen LogP contribution in [0.15, 0.2) is 71.5 Å². The minimum Gasteiger partial charge on any atom is -0.497 e. The third-order valence-corrected chi connectivity index (χ3v) is 6.29. The van der Waals surface area contributed by atoms with Crippen molar-refractivity contribution in [1.29, 1.82) is 0 Å². The van der Waals surface area contributed by atoms with Gasteiger partial charge in [-0.1, -0.05) is 56.3 Å². The number of halogens is 2. The standard InChI is InChI=1S/C29H32F2N4O5/c1-18(2)25(26(37)29(30,31)28(39)33-16-15-19-9-11-21(40-3)12-10-19)34-24(36)17-35-23(14-13-22(32)27(35)38)20-7-5-4-6-8-20/h4-14,18,25H,15-17,32H2,1-3H3,(H,33,39)(H,34,36). The van der Waals surface area contributed by atoms with Crippen LogP contribution in [0.25, 0.3) is 11.3 Å². The molecular weight excluding hydrogens is 522 g/mol. The lowest BCUT2D eigenvalue weighted by molar-refractivity contribution is -0.161. The summed E-state index contributed by atoms with van der Waals surface area (Å²) < 4.78 is 36.0. The summed E-state index contributed by atoms with van der Waals surface area (Å²) >= 11 is 0. The van der Waals surface area contributed by atoms with E-state index in [0.717, 1.165) is 10.1 Å². The Morgan fingerprint density at radius 3 is 2.25 bits per heavy atom. The van der Waals surface area contributed by atoms with Crippen LogP contribution in [0, 0.1) is 5.92 Å². The number of ether oxygens (including phenoxy) is 1. The van der Waals surface area contributed by atoms with Crippen LogP contribution < -0.4 is 26.7 Å². The second-order valence-electron chi connectivity index (χ2n) is 9.51. The molecular formula is C29H32F2N4O5. The highest BCUT2D eigenvalue weighted by atomic mass is 19.3. The SMILES string of the molecule is COc1ccc(CCNC(=O)C(F)(F)C(=O)C(NC(=O)Cn2c(-c3ccccc3)ccc(N)c2=O)C(C)C)cc1. The fourth-order valence-electron chi connectivity index (χ4n) is 4.04. The van der Waals surface area contributed by atoms with E-state index in [4.69, 9.17) is 10.5 Å². The number of amides is 2. The lowest BCUT2D eigenvalue weighted by atomic mass is 9.95. The molecule has 0 spiro atoms. The summed E-state index contributed by atoms with van der Waals surface area (Å²) in [4.78, 5) is 50.8. The molecule has 2 amide bonds. The predicted molar refractivity (Wildman–Crippen MR) is 147 cm³/mol. The number of carbonyl (C=O) groups is 3. The first-order valence-electron chi connectivity index (χ1n) is 12.6. The zero-order valence-corrected chi connectivity index (χ0v) is 22.4. The maximum Gasteiger partial charge on any atom is 0.383 e. The minimum atomic E-state index is -4.40. The highest BCUT2D eigenvalue weighted by Crippen LogP contribution is 2.22. The molecule has 212 valence electrons. The van der Waals surface area contributed by atoms with Gasteiger partial charge in [-0.3, -0.25) is 23.7 Å². The Morgan fingerprint density at radius 1 is 1.00 bits per heavy atom. The highest BCUT2D eigenvalue weighted by Gasteiger charge is 2.51. The van der Waals surface area contributed by atoms with E-state index in [1.807, 2.05) is 0 Å². The van der Waals surface area contributed by atoms with Crippen LogP contribution in [-0.2, 0) is 27.3 Å². The average molecular weight is 555 g/mol. The van der Waals surface area contributed by atoms with Gasteiger partial charge in [-0.05, 0) is 47.7 Å². The van der Waals surface area contributed by atoms with Crippen molar-refractivity contribution in [1.82, 2.24) is 15.2 Å². The number of nitrogens with one attached hydrogen (secondary N) is 2. The average Bonchev–Trinajstić information content (AvgIpc) is 2.94. The van der Waals surface area contributed by atoms with Crippen LogP contribution in [0.5, 0.6) is 5.75 Å². The molecule has 0 bridgehead atoms. The third-order valence-electron chi connectivity index (χ3n) is 6.29. The molecule has 3 aromatic rings. The molecule has 40 heavy (non-hydrogen) atoms. The van der Waals surface area contributed by atoms with Crippen molar-refractivity contribution in [2.45, 2.75) is 38.8 Å². The van der Waals surface area contributed by atoms with Crippen molar-refractivity contribution in [3.8, 4) is 17.0 Å². The Kier molecular flexibility index (Phi) is 9.76. The number of rotatable bonds is 12. The number of hydrogen-bond acceptors (Lipinski definition) is 6. The van der Waals surface area contributed by atoms with Crippen LogP contribution in [-0.4, -0.2) is 47.8 Å². The van der Waals surface area contributed by atoms with E-state index < -0.39 is 47.6 Å². The summed E-state index contributed by atoms with van der Waals surface area (Å²) in [5.74, 6) is -8.92. The number of anilines is 1. The van der Waals surface area contributed by atoms with Crippen LogP contribution in [0.4, 0.5) is 14.5 Å². The monoisotopic (exact) mass is 554 g/mol. The van der Waals surface area contributed by atoms with E-state index in [0.29, 0.717) is 17.0 Å². The normalized spacial score (nSPS) is 12.1. The molecule has 2 aromatic carbocycles. The largest absolute Gasteiger partial charge is 0.497 e. The number of aromatic nitrogens is 1. The van der Waals surface area contributed by atoms with Gasteiger partial charge in [-0.2, -0.15) is 8.78 Å². The number of carbonyl (C=O) groups excluding carboxylic acids is 3. The van der Waals surface area contributed by atoms with Crippen LogP contribution >= 0.6 is 0 Å². The van der Waals surface area contributed by atoms with Crippen LogP contribution in [0.1, 0.15) is 19.4 Å². The number of nitrogens with two attached hydrogens (primary N) is 1. The number of ketones is 1. The topological polar surface area (TPSA) is 133 Å². The molecule has 9 nitrogen and oxygen atoms in total. The van der Waals surface area contributed by atoms with Crippen molar-refractivity contribution in [2.75, 3.05) is 19.4 Å². The van der Waals surface area contributed by atoms with Gasteiger partial charge in [-0.15, -0.1) is 0 Å². The molecule has 3 rings (SSSR count). The molecule has 1 unspecified atom stereocenters. The molecule has 0 aliphatic carbocycles. The number of hydrogen-bond donors (Lipinski definition) is 3. The van der Waals surface area contributed by atoms with E-state index in [9.17, 15) is 28.0 Å². The van der Waals surface area contributed by atoms with E-state index in [1.165, 1.54) is 27.0 Å². The Morgan fingerprint density at radius 2 is 1.65 bits per heavy atom. The number of nitrogen functional groups attached to an aromatic ring is 1. The molecule has 0 aliphatic heterocycles. The van der Waals surface area contributed by atoms with Crippen molar-refractivity contribution in [3.63, 3.8) is 0 Å². The molecule has 0 radical (unpaired) electrons. The Hall–Kier alpha value is -4.54. The summed E-state index contributed by atoms with van der Waals surface area (Å²) in [7, 11) is 1.51. The van der Waals surface area contributed by atoms with Crippen molar-refractivity contribution >= 4 is 23.3 Å². The molecule has 1 heterocycles. The maximum atomic E-state index is 14.9. The Bertz CT molecular complexity index is 1410. The molecule has 11 heteroatoms. The molecule has 0 saturated carbocycles. The fourth-order valence-corrected chi connectivity index (χ4v) is 4.04. The lowest BCUT2D eigenvalue weighted by Gasteiger charge is -2.25. The molecule has 0 aliphatic rings. The third kappa shape index (κ3) is 7.10. The summed E-state index contributed by atoms with van der Waals surface area (Å²) in [5.41, 5.74) is 6.77. The maximum absolute atomic E-state index is 14.9. The molecule has 0 saturated heterocycles. The number of nitrogens with zero attached hydrogens (tertiary/aromatic N) is 1. The second-order valence-corrected chi connectivity index (χ2v) is 9.51. The summed E-state index contributed by atoms with van der Waals surface area (Å²) in [6.45, 7) is 2.21. The summed E-state index contributed by atoms with van der Waals surface area (Å²) in [6, 6.07) is 16.9. The smallest absolute Gasteiger partial charge is 0.383 e. The van der Waals surface area contributed by atoms with Gasteiger partial charge in [0.15, 0.2) is 0 Å². The quantitative estimate of drug-likeness (QED) is 0.295. The number of methoxy groups -OCH3 is 1. The van der Waals surface area contributed by atoms with E-state index >= 15 is 0 Å². The number of benzene rings is 2. The number of pyridine rings is 1. The van der Waals surface area contributed by atoms with Crippen molar-refractivity contribution in [2.24, 2.45) is 5.92 Å². The minimum absolute atomic E-state index is 0.109. The molecule has 1 atom stereocenters. The fraction of sp³-hybridized carbons (Fsp3) is 0.310. The van der Waals surface area contributed by atoms with Gasteiger partial charge in [0, 0.05) is 6.54 Å². The summed E-state index contributed by atoms with van der Waals surface area (Å²) in [5, 5.41) is 4.38. The van der Waals surface area contributed by atoms with Gasteiger partial charge in [0.1, 0.15) is 12.3 Å². The molecule has 4 N–H and O–H groups in total. The number of Topliss-reactive ketones (excluding diaryl/α,β-unsaturated/α-hetero) is 1. The molecule has 1 aromatic heterocycles. The van der Waals surface area contributed by atoms with Crippen LogP contribution in [0.2, 0.25) is 0 Å². The zero-order chi connectivity index (χ0) is 29.4. The second kappa shape index (κ2) is 13.0. The van der Waals surface area contributed by atoms with Gasteiger partial charge < -0.3 is 21.1 Å². The summed E-state index contributed by atoms with van der Waals surface area (Å²) in [6.07, 6.45) is 0.253. The first-order valence-corrected chi connectivity index (χ1v) is 12.6. The van der Waals surface area contributed by atoms with Crippen molar-refractivity contribution in [3.05, 3.63) is 82.6 Å². The first kappa shape index (κ1) is 30.0. The lowest BCUT2D eigenvalue weighted by Crippen LogP contribution is -2.57. The van der Waals surface area contributed by atoms with Crippen LogP contribution in [0.3, 0.4) is 0 Å². The number of alkyl halides is 2. The molecule has 0 fully saturated rings. The van der Waals surface area contributed by atoms with E-state index in [1.54, 1.807) is 60.7 Å². The highest BCUT2D eigenvalue weighted by molar-refractivity contribution is 6.10. The van der Waals surface area contributed by atoms with Gasteiger partial charge in [-0.25, -0.2) is 0 Å². The van der Waals surface area contributed by atoms with Gasteiger partial charge in [0.25, 0.3) is 11.5 Å². The van der Waals surface area contributed by atoms with Gasteiger partial charge in [0.2, 0.25) is 11.7 Å².